The molecule has 0 saturated carbocycles. The van der Waals surface area contributed by atoms with Crippen molar-refractivity contribution in [1.82, 2.24) is 5.43 Å². The monoisotopic (exact) mass is 307 g/mol. The van der Waals surface area contributed by atoms with E-state index in [0.717, 1.165) is 17.0 Å². The van der Waals surface area contributed by atoms with Crippen molar-refractivity contribution in [3.05, 3.63) is 65.7 Å². The quantitative estimate of drug-likeness (QED) is 0.947. The number of amides is 2. The number of nitrogens with zero attached hydrogens (tertiary/aromatic N) is 2. The number of nitrogens with one attached hydrogen (secondary N) is 1. The second-order valence-electron chi connectivity index (χ2n) is 5.37. The van der Waals surface area contributed by atoms with Crippen molar-refractivity contribution in [1.29, 1.82) is 0 Å². The van der Waals surface area contributed by atoms with E-state index < -0.39 is 0 Å². The van der Waals surface area contributed by atoms with E-state index in [0.29, 0.717) is 18.4 Å². The zero-order valence-electron chi connectivity index (χ0n) is 12.8. The minimum atomic E-state index is -0.0679. The van der Waals surface area contributed by atoms with Gasteiger partial charge in [0.2, 0.25) is 5.91 Å². The van der Waals surface area contributed by atoms with Crippen LogP contribution in [0.25, 0.3) is 0 Å². The molecule has 2 aromatic carbocycles. The number of anilines is 1. The molecule has 0 unspecified atom stereocenters. The Balaban J connectivity index is 1.77. The third-order valence-corrected chi connectivity index (χ3v) is 3.82. The van der Waals surface area contributed by atoms with Crippen molar-refractivity contribution in [2.75, 3.05) is 11.9 Å². The van der Waals surface area contributed by atoms with Gasteiger partial charge in [-0.3, -0.25) is 9.59 Å². The number of carbonyl (C=O) groups is 2. The maximum atomic E-state index is 12.5. The number of rotatable bonds is 3. The lowest BCUT2D eigenvalue weighted by atomic mass is 10.0. The summed E-state index contributed by atoms with van der Waals surface area (Å²) in [5, 5.41) is 4.06. The molecule has 2 amide bonds. The van der Waals surface area contributed by atoms with Crippen LogP contribution in [0, 0.1) is 0 Å². The molecule has 5 nitrogen and oxygen atoms in total. The van der Waals surface area contributed by atoms with Gasteiger partial charge in [0.25, 0.3) is 5.91 Å². The third kappa shape index (κ3) is 3.29. The minimum absolute atomic E-state index is 0.0648. The second kappa shape index (κ2) is 6.44. The molecule has 23 heavy (non-hydrogen) atoms. The Morgan fingerprint density at radius 3 is 2.35 bits per heavy atom. The summed E-state index contributed by atoms with van der Waals surface area (Å²) in [6.07, 6.45) is 1.05. The molecule has 2 aromatic rings. The summed E-state index contributed by atoms with van der Waals surface area (Å²) in [6, 6.07) is 16.8. The maximum absolute atomic E-state index is 12.5. The normalized spacial score (nSPS) is 14.0. The molecule has 0 radical (unpaired) electrons. The van der Waals surface area contributed by atoms with E-state index in [1.165, 1.54) is 0 Å². The van der Waals surface area contributed by atoms with Crippen molar-refractivity contribution in [2.45, 2.75) is 12.8 Å². The van der Waals surface area contributed by atoms with E-state index in [-0.39, 0.29) is 11.8 Å². The number of hydrogen-bond donors (Lipinski definition) is 1. The molecule has 1 aliphatic rings. The third-order valence-electron chi connectivity index (χ3n) is 3.82. The van der Waals surface area contributed by atoms with Crippen LogP contribution < -0.4 is 10.3 Å². The first-order valence-corrected chi connectivity index (χ1v) is 7.44. The summed E-state index contributed by atoms with van der Waals surface area (Å²) < 4.78 is 0. The van der Waals surface area contributed by atoms with Crippen LogP contribution in [-0.4, -0.2) is 24.6 Å². The highest BCUT2D eigenvalue weighted by atomic mass is 16.2. The summed E-state index contributed by atoms with van der Waals surface area (Å²) >= 11 is 0. The number of para-hydroxylation sites is 1. The fraction of sp³-hybridized carbons (Fsp3) is 0.167. The largest absolute Gasteiger partial charge is 0.311 e. The van der Waals surface area contributed by atoms with Gasteiger partial charge in [-0.25, -0.2) is 5.43 Å². The standard InChI is InChI=1S/C18H17N3O2/c1-21(15-5-3-2-4-6-15)18(23)14-9-7-13(8-10-14)16-11-12-17(22)20-19-16/h2-10H,11-12H2,1H3,(H,20,22). The maximum Gasteiger partial charge on any atom is 0.258 e. The summed E-state index contributed by atoms with van der Waals surface area (Å²) in [4.78, 5) is 25.3. The molecule has 0 aromatic heterocycles. The molecule has 3 rings (SSSR count). The fourth-order valence-electron chi connectivity index (χ4n) is 2.45. The molecule has 5 heteroatoms. The number of benzene rings is 2. The Hall–Kier alpha value is -2.95. The van der Waals surface area contributed by atoms with E-state index >= 15 is 0 Å². The highest BCUT2D eigenvalue weighted by Crippen LogP contribution is 2.16. The molecule has 0 bridgehead atoms. The Morgan fingerprint density at radius 2 is 1.74 bits per heavy atom. The summed E-state index contributed by atoms with van der Waals surface area (Å²) in [7, 11) is 1.76. The van der Waals surface area contributed by atoms with Crippen LogP contribution in [0.15, 0.2) is 59.7 Å². The van der Waals surface area contributed by atoms with Gasteiger partial charge in [-0.15, -0.1) is 0 Å². The molecule has 1 heterocycles. The topological polar surface area (TPSA) is 61.8 Å². The first kappa shape index (κ1) is 15.0. The van der Waals surface area contributed by atoms with Crippen LogP contribution in [0.3, 0.4) is 0 Å². The Bertz CT molecular complexity index is 752. The summed E-state index contributed by atoms with van der Waals surface area (Å²) in [5.74, 6) is -0.133. The van der Waals surface area contributed by atoms with Gasteiger partial charge < -0.3 is 4.90 Å². The summed E-state index contributed by atoms with van der Waals surface area (Å²) in [5.41, 5.74) is 5.69. The second-order valence-corrected chi connectivity index (χ2v) is 5.37. The molecule has 1 N–H and O–H groups in total. The van der Waals surface area contributed by atoms with Gasteiger partial charge in [-0.05, 0) is 29.8 Å². The predicted octanol–water partition coefficient (Wildman–Crippen LogP) is 2.58. The first-order valence-electron chi connectivity index (χ1n) is 7.44. The number of hydrogen-bond acceptors (Lipinski definition) is 3. The Kier molecular flexibility index (Phi) is 4.19. The van der Waals surface area contributed by atoms with Crippen molar-refractivity contribution in [3.63, 3.8) is 0 Å². The lowest BCUT2D eigenvalue weighted by molar-refractivity contribution is -0.121. The predicted molar refractivity (Wildman–Crippen MR) is 89.5 cm³/mol. The average Bonchev–Trinajstić information content (AvgIpc) is 2.62. The van der Waals surface area contributed by atoms with Gasteiger partial charge in [0.1, 0.15) is 0 Å². The zero-order chi connectivity index (χ0) is 16.2. The number of hydrazone groups is 1. The Labute approximate surface area is 134 Å². The molecule has 1 aliphatic heterocycles. The SMILES string of the molecule is CN(C(=O)c1ccc(C2=NNC(=O)CC2)cc1)c1ccccc1. The van der Waals surface area contributed by atoms with Crippen molar-refractivity contribution in [3.8, 4) is 0 Å². The molecular weight excluding hydrogens is 290 g/mol. The zero-order valence-corrected chi connectivity index (χ0v) is 12.8. The van der Waals surface area contributed by atoms with Crippen LogP contribution in [-0.2, 0) is 4.79 Å². The smallest absolute Gasteiger partial charge is 0.258 e. The van der Waals surface area contributed by atoms with E-state index in [1.54, 1.807) is 24.1 Å². The van der Waals surface area contributed by atoms with E-state index in [1.807, 2.05) is 42.5 Å². The van der Waals surface area contributed by atoms with Crippen molar-refractivity contribution >= 4 is 23.2 Å². The van der Waals surface area contributed by atoms with Crippen LogP contribution in [0.4, 0.5) is 5.69 Å². The first-order chi connectivity index (χ1) is 11.1. The van der Waals surface area contributed by atoms with Gasteiger partial charge in [0.15, 0.2) is 0 Å². The molecular formula is C18H17N3O2. The average molecular weight is 307 g/mol. The highest BCUT2D eigenvalue weighted by Gasteiger charge is 2.16. The van der Waals surface area contributed by atoms with E-state index in [9.17, 15) is 9.59 Å². The van der Waals surface area contributed by atoms with E-state index in [4.69, 9.17) is 0 Å². The van der Waals surface area contributed by atoms with Crippen molar-refractivity contribution in [2.24, 2.45) is 5.10 Å². The van der Waals surface area contributed by atoms with Crippen LogP contribution in [0.2, 0.25) is 0 Å². The molecule has 0 spiro atoms. The van der Waals surface area contributed by atoms with Gasteiger partial charge >= 0.3 is 0 Å². The Morgan fingerprint density at radius 1 is 1.04 bits per heavy atom. The fourth-order valence-corrected chi connectivity index (χ4v) is 2.45. The molecule has 0 atom stereocenters. The molecule has 0 fully saturated rings. The van der Waals surface area contributed by atoms with Gasteiger partial charge in [0.05, 0.1) is 5.71 Å². The minimum Gasteiger partial charge on any atom is -0.311 e. The van der Waals surface area contributed by atoms with Crippen LogP contribution in [0.5, 0.6) is 0 Å². The number of carbonyl (C=O) groups excluding carboxylic acids is 2. The van der Waals surface area contributed by atoms with Gasteiger partial charge in [-0.1, -0.05) is 30.3 Å². The van der Waals surface area contributed by atoms with Crippen molar-refractivity contribution < 1.29 is 9.59 Å². The molecule has 0 saturated heterocycles. The molecule has 116 valence electrons. The van der Waals surface area contributed by atoms with E-state index in [2.05, 4.69) is 10.5 Å². The highest BCUT2D eigenvalue weighted by molar-refractivity contribution is 6.07. The molecule has 0 aliphatic carbocycles. The van der Waals surface area contributed by atoms with Crippen LogP contribution in [0.1, 0.15) is 28.8 Å². The van der Waals surface area contributed by atoms with Crippen LogP contribution >= 0.6 is 0 Å². The summed E-state index contributed by atoms with van der Waals surface area (Å²) in [6.45, 7) is 0. The lowest BCUT2D eigenvalue weighted by Gasteiger charge is -2.18. The van der Waals surface area contributed by atoms with Gasteiger partial charge in [-0.2, -0.15) is 5.10 Å². The lowest BCUT2D eigenvalue weighted by Crippen LogP contribution is -2.27. The van der Waals surface area contributed by atoms with Gasteiger partial charge in [0, 0.05) is 31.1 Å².